The van der Waals surface area contributed by atoms with Gasteiger partial charge in [0.05, 0.1) is 11.4 Å². The molecule has 3 aromatic heterocycles. The van der Waals surface area contributed by atoms with E-state index < -0.39 is 0 Å². The second-order valence-electron chi connectivity index (χ2n) is 4.14. The summed E-state index contributed by atoms with van der Waals surface area (Å²) >= 11 is 0. The zero-order chi connectivity index (χ0) is 13.9. The number of aromatic nitrogens is 4. The summed E-state index contributed by atoms with van der Waals surface area (Å²) in [5, 5.41) is 0. The van der Waals surface area contributed by atoms with Crippen LogP contribution in [0.4, 0.5) is 11.8 Å². The van der Waals surface area contributed by atoms with E-state index in [0.717, 1.165) is 17.0 Å². The summed E-state index contributed by atoms with van der Waals surface area (Å²) in [6.07, 6.45) is 5.03. The number of anilines is 2. The zero-order valence-electron chi connectivity index (χ0n) is 10.6. The first-order valence-electron chi connectivity index (χ1n) is 6.00. The number of rotatable bonds is 2. The molecule has 0 bridgehead atoms. The van der Waals surface area contributed by atoms with E-state index in [1.807, 2.05) is 30.3 Å². The van der Waals surface area contributed by atoms with Crippen molar-refractivity contribution < 1.29 is 0 Å². The van der Waals surface area contributed by atoms with Crippen molar-refractivity contribution in [3.8, 4) is 22.5 Å². The highest BCUT2D eigenvalue weighted by Gasteiger charge is 2.13. The third-order valence-corrected chi connectivity index (χ3v) is 2.84. The van der Waals surface area contributed by atoms with Crippen molar-refractivity contribution in [1.82, 2.24) is 19.9 Å². The summed E-state index contributed by atoms with van der Waals surface area (Å²) in [5.74, 6) is 0.470. The van der Waals surface area contributed by atoms with Crippen LogP contribution in [-0.2, 0) is 0 Å². The number of hydrogen-bond donors (Lipinski definition) is 2. The van der Waals surface area contributed by atoms with E-state index in [-0.39, 0.29) is 5.95 Å². The maximum Gasteiger partial charge on any atom is 0.221 e. The SMILES string of the molecule is Nc1ncc(-c2cccnc2-c2ccccn2)c(N)n1. The lowest BCUT2D eigenvalue weighted by Crippen LogP contribution is -2.02. The fourth-order valence-corrected chi connectivity index (χ4v) is 1.95. The average Bonchev–Trinajstić information content (AvgIpc) is 2.48. The molecule has 0 aliphatic rings. The van der Waals surface area contributed by atoms with E-state index in [1.54, 1.807) is 18.6 Å². The Morgan fingerprint density at radius 3 is 2.40 bits per heavy atom. The van der Waals surface area contributed by atoms with Gasteiger partial charge in [-0.2, -0.15) is 4.98 Å². The van der Waals surface area contributed by atoms with E-state index in [0.29, 0.717) is 11.4 Å². The summed E-state index contributed by atoms with van der Waals surface area (Å²) in [6.45, 7) is 0. The Bertz CT molecular complexity index is 742. The molecule has 0 amide bonds. The number of nitrogen functional groups attached to an aromatic ring is 2. The van der Waals surface area contributed by atoms with Gasteiger partial charge in [-0.05, 0) is 18.2 Å². The van der Waals surface area contributed by atoms with E-state index >= 15 is 0 Å². The zero-order valence-corrected chi connectivity index (χ0v) is 10.6. The highest BCUT2D eigenvalue weighted by molar-refractivity contribution is 5.83. The first-order chi connectivity index (χ1) is 9.75. The van der Waals surface area contributed by atoms with Gasteiger partial charge in [0.25, 0.3) is 0 Å². The molecule has 3 heterocycles. The van der Waals surface area contributed by atoms with Gasteiger partial charge < -0.3 is 11.5 Å². The van der Waals surface area contributed by atoms with Crippen LogP contribution < -0.4 is 11.5 Å². The van der Waals surface area contributed by atoms with Crippen LogP contribution in [0, 0.1) is 0 Å². The van der Waals surface area contributed by atoms with Gasteiger partial charge in [-0.3, -0.25) is 9.97 Å². The van der Waals surface area contributed by atoms with Crippen molar-refractivity contribution in [3.05, 3.63) is 48.9 Å². The molecule has 3 rings (SSSR count). The molecule has 0 aliphatic heterocycles. The van der Waals surface area contributed by atoms with Gasteiger partial charge in [0.1, 0.15) is 5.82 Å². The predicted octanol–water partition coefficient (Wildman–Crippen LogP) is 1.76. The molecule has 0 atom stereocenters. The summed E-state index contributed by atoms with van der Waals surface area (Å²) in [4.78, 5) is 16.7. The fraction of sp³-hybridized carbons (Fsp3) is 0. The smallest absolute Gasteiger partial charge is 0.221 e. The molecule has 0 aliphatic carbocycles. The Balaban J connectivity index is 2.20. The summed E-state index contributed by atoms with van der Waals surface area (Å²) in [5.41, 5.74) is 14.4. The van der Waals surface area contributed by atoms with Crippen molar-refractivity contribution in [3.63, 3.8) is 0 Å². The summed E-state index contributed by atoms with van der Waals surface area (Å²) in [7, 11) is 0. The van der Waals surface area contributed by atoms with Crippen LogP contribution >= 0.6 is 0 Å². The molecular formula is C14H12N6. The maximum atomic E-state index is 5.92. The van der Waals surface area contributed by atoms with Gasteiger partial charge >= 0.3 is 0 Å². The third-order valence-electron chi connectivity index (χ3n) is 2.84. The maximum absolute atomic E-state index is 5.92. The number of hydrogen-bond acceptors (Lipinski definition) is 6. The lowest BCUT2D eigenvalue weighted by Gasteiger charge is -2.09. The normalized spacial score (nSPS) is 10.4. The molecule has 4 N–H and O–H groups in total. The molecule has 20 heavy (non-hydrogen) atoms. The van der Waals surface area contributed by atoms with Crippen LogP contribution in [-0.4, -0.2) is 19.9 Å². The van der Waals surface area contributed by atoms with Crippen LogP contribution in [0.2, 0.25) is 0 Å². The Labute approximate surface area is 115 Å². The topological polar surface area (TPSA) is 104 Å². The molecule has 98 valence electrons. The fourth-order valence-electron chi connectivity index (χ4n) is 1.95. The quantitative estimate of drug-likeness (QED) is 0.731. The van der Waals surface area contributed by atoms with Gasteiger partial charge in [-0.25, -0.2) is 4.98 Å². The number of nitrogens with zero attached hydrogens (tertiary/aromatic N) is 4. The first kappa shape index (κ1) is 12.0. The summed E-state index contributed by atoms with van der Waals surface area (Å²) < 4.78 is 0. The highest BCUT2D eigenvalue weighted by Crippen LogP contribution is 2.31. The molecule has 6 heteroatoms. The predicted molar refractivity (Wildman–Crippen MR) is 77.3 cm³/mol. The minimum absolute atomic E-state index is 0.148. The molecule has 0 spiro atoms. The first-order valence-corrected chi connectivity index (χ1v) is 6.00. The van der Waals surface area contributed by atoms with Crippen molar-refractivity contribution in [2.75, 3.05) is 11.5 Å². The van der Waals surface area contributed by atoms with Crippen LogP contribution in [0.15, 0.2) is 48.9 Å². The van der Waals surface area contributed by atoms with E-state index in [2.05, 4.69) is 19.9 Å². The second-order valence-corrected chi connectivity index (χ2v) is 4.14. The van der Waals surface area contributed by atoms with Gasteiger partial charge in [-0.15, -0.1) is 0 Å². The van der Waals surface area contributed by atoms with E-state index in [1.165, 1.54) is 0 Å². The second kappa shape index (κ2) is 4.93. The van der Waals surface area contributed by atoms with Gasteiger partial charge in [0.15, 0.2) is 0 Å². The number of pyridine rings is 2. The molecule has 0 saturated heterocycles. The molecular weight excluding hydrogens is 252 g/mol. The molecule has 3 aromatic rings. The van der Waals surface area contributed by atoms with Crippen molar-refractivity contribution in [2.24, 2.45) is 0 Å². The Morgan fingerprint density at radius 1 is 0.800 bits per heavy atom. The molecule has 0 radical (unpaired) electrons. The van der Waals surface area contributed by atoms with Crippen LogP contribution in [0.5, 0.6) is 0 Å². The van der Waals surface area contributed by atoms with Crippen LogP contribution in [0.3, 0.4) is 0 Å². The van der Waals surface area contributed by atoms with Gasteiger partial charge in [0, 0.05) is 29.7 Å². The molecule has 0 unspecified atom stereocenters. The standard InChI is InChI=1S/C14H12N6/c15-13-10(8-19-14(16)20-13)9-4-3-7-18-12(9)11-5-1-2-6-17-11/h1-8H,(H4,15,16,19,20). The van der Waals surface area contributed by atoms with E-state index in [9.17, 15) is 0 Å². The lowest BCUT2D eigenvalue weighted by molar-refractivity contribution is 1.19. The highest BCUT2D eigenvalue weighted by atomic mass is 15.0. The molecule has 6 nitrogen and oxygen atoms in total. The van der Waals surface area contributed by atoms with Crippen molar-refractivity contribution in [1.29, 1.82) is 0 Å². The van der Waals surface area contributed by atoms with Crippen LogP contribution in [0.25, 0.3) is 22.5 Å². The van der Waals surface area contributed by atoms with Gasteiger partial charge in [-0.1, -0.05) is 12.1 Å². The van der Waals surface area contributed by atoms with Gasteiger partial charge in [0.2, 0.25) is 5.95 Å². The average molecular weight is 264 g/mol. The van der Waals surface area contributed by atoms with Crippen LogP contribution in [0.1, 0.15) is 0 Å². The molecule has 0 fully saturated rings. The summed E-state index contributed by atoms with van der Waals surface area (Å²) in [6, 6.07) is 9.39. The Morgan fingerprint density at radius 2 is 1.65 bits per heavy atom. The number of nitrogens with two attached hydrogens (primary N) is 2. The Hall–Kier alpha value is -3.02. The van der Waals surface area contributed by atoms with E-state index in [4.69, 9.17) is 11.5 Å². The van der Waals surface area contributed by atoms with Crippen molar-refractivity contribution >= 4 is 11.8 Å². The van der Waals surface area contributed by atoms with Crippen molar-refractivity contribution in [2.45, 2.75) is 0 Å². The lowest BCUT2D eigenvalue weighted by atomic mass is 10.0. The monoisotopic (exact) mass is 264 g/mol. The minimum atomic E-state index is 0.148. The largest absolute Gasteiger partial charge is 0.383 e. The molecule has 0 aromatic carbocycles. The Kier molecular flexibility index (Phi) is 2.96. The molecule has 0 saturated carbocycles. The minimum Gasteiger partial charge on any atom is -0.383 e. The third kappa shape index (κ3) is 2.14.